The fourth-order valence-corrected chi connectivity index (χ4v) is 3.53. The number of likely N-dealkylation sites (tertiary alicyclic amines) is 1. The van der Waals surface area contributed by atoms with E-state index in [1.807, 2.05) is 18.2 Å². The van der Waals surface area contributed by atoms with Gasteiger partial charge in [0.05, 0.1) is 0 Å². The fraction of sp³-hybridized carbons (Fsp3) is 0.474. The molecule has 1 saturated carbocycles. The molecule has 0 spiro atoms. The average molecular weight is 359 g/mol. The summed E-state index contributed by atoms with van der Waals surface area (Å²) in [7, 11) is 0. The molecule has 1 amide bonds. The summed E-state index contributed by atoms with van der Waals surface area (Å²) in [6.45, 7) is 2.91. The first-order valence-corrected chi connectivity index (χ1v) is 9.38. The Morgan fingerprint density at radius 3 is 2.60 bits per heavy atom. The predicted octanol–water partition coefficient (Wildman–Crippen LogP) is 3.33. The number of carbonyl (C=O) groups is 1. The Kier molecular flexibility index (Phi) is 4.77. The van der Waals surface area contributed by atoms with Crippen molar-refractivity contribution in [2.75, 3.05) is 13.1 Å². The van der Waals surface area contributed by atoms with E-state index >= 15 is 0 Å². The zero-order valence-electron chi connectivity index (χ0n) is 14.2. The number of benzene rings is 1. The van der Waals surface area contributed by atoms with Crippen LogP contribution < -0.4 is 5.32 Å². The number of nitrogens with one attached hydrogen (secondary N) is 2. The second-order valence-electron chi connectivity index (χ2n) is 7.13. The van der Waals surface area contributed by atoms with Crippen molar-refractivity contribution in [3.63, 3.8) is 0 Å². The second kappa shape index (κ2) is 7.18. The molecule has 2 aromatic rings. The smallest absolute Gasteiger partial charge is 0.271 e. The molecular weight excluding hydrogens is 336 g/mol. The zero-order chi connectivity index (χ0) is 17.2. The highest BCUT2D eigenvalue weighted by atomic mass is 35.5. The van der Waals surface area contributed by atoms with Gasteiger partial charge in [-0.2, -0.15) is 5.10 Å². The monoisotopic (exact) mass is 358 g/mol. The van der Waals surface area contributed by atoms with Crippen LogP contribution in [0.2, 0.25) is 5.02 Å². The number of nitrogens with zero attached hydrogens (tertiary/aromatic N) is 2. The molecule has 2 heterocycles. The Morgan fingerprint density at radius 1 is 1.20 bits per heavy atom. The summed E-state index contributed by atoms with van der Waals surface area (Å²) in [5.74, 6) is 0.532. The number of halogens is 1. The molecule has 2 fully saturated rings. The first kappa shape index (κ1) is 16.6. The Labute approximate surface area is 152 Å². The molecule has 1 aliphatic heterocycles. The van der Waals surface area contributed by atoms with Crippen molar-refractivity contribution in [3.05, 3.63) is 52.3 Å². The molecule has 2 N–H and O–H groups in total. The lowest BCUT2D eigenvalue weighted by Gasteiger charge is -2.32. The Morgan fingerprint density at radius 2 is 1.92 bits per heavy atom. The molecule has 0 radical (unpaired) electrons. The molecule has 0 bridgehead atoms. The predicted molar refractivity (Wildman–Crippen MR) is 97.8 cm³/mol. The van der Waals surface area contributed by atoms with Crippen LogP contribution >= 0.6 is 11.6 Å². The maximum Gasteiger partial charge on any atom is 0.271 e. The van der Waals surface area contributed by atoms with Crippen molar-refractivity contribution in [2.24, 2.45) is 0 Å². The number of hydrogen-bond donors (Lipinski definition) is 2. The molecule has 5 nitrogen and oxygen atoms in total. The minimum Gasteiger partial charge on any atom is -0.348 e. The van der Waals surface area contributed by atoms with Crippen LogP contribution in [0.25, 0.3) is 0 Å². The quantitative estimate of drug-likeness (QED) is 0.861. The third kappa shape index (κ3) is 4.22. The van der Waals surface area contributed by atoms with Crippen LogP contribution in [0.1, 0.15) is 53.3 Å². The topological polar surface area (TPSA) is 61.0 Å². The highest BCUT2D eigenvalue weighted by Crippen LogP contribution is 2.39. The largest absolute Gasteiger partial charge is 0.348 e. The number of rotatable bonds is 5. The van der Waals surface area contributed by atoms with Gasteiger partial charge in [0, 0.05) is 42.3 Å². The van der Waals surface area contributed by atoms with E-state index in [0.29, 0.717) is 11.6 Å². The van der Waals surface area contributed by atoms with E-state index in [1.165, 1.54) is 18.4 Å². The average Bonchev–Trinajstić information content (AvgIpc) is 3.35. The maximum atomic E-state index is 12.4. The van der Waals surface area contributed by atoms with Gasteiger partial charge < -0.3 is 5.32 Å². The van der Waals surface area contributed by atoms with Crippen LogP contribution in [0.4, 0.5) is 0 Å². The minimum absolute atomic E-state index is 0.0562. The highest BCUT2D eigenvalue weighted by Gasteiger charge is 2.27. The van der Waals surface area contributed by atoms with Crippen LogP contribution in [0.15, 0.2) is 30.3 Å². The van der Waals surface area contributed by atoms with Crippen molar-refractivity contribution in [2.45, 2.75) is 44.2 Å². The molecule has 1 aliphatic carbocycles. The van der Waals surface area contributed by atoms with Crippen molar-refractivity contribution >= 4 is 17.5 Å². The van der Waals surface area contributed by atoms with Gasteiger partial charge >= 0.3 is 0 Å². The first-order valence-electron chi connectivity index (χ1n) is 9.00. The van der Waals surface area contributed by atoms with E-state index in [0.717, 1.165) is 43.2 Å². The van der Waals surface area contributed by atoms with Gasteiger partial charge in [-0.1, -0.05) is 23.7 Å². The molecule has 1 aromatic heterocycles. The Balaban J connectivity index is 1.25. The van der Waals surface area contributed by atoms with Gasteiger partial charge in [-0.3, -0.25) is 14.8 Å². The SMILES string of the molecule is O=C(NC1CCN(Cc2ccc(Cl)cc2)CC1)c1cc(C2CC2)[nH]n1. The van der Waals surface area contributed by atoms with Crippen LogP contribution in [0, 0.1) is 0 Å². The summed E-state index contributed by atoms with van der Waals surface area (Å²) in [6.07, 6.45) is 4.35. The summed E-state index contributed by atoms with van der Waals surface area (Å²) in [4.78, 5) is 14.8. The standard InChI is InChI=1S/C19H23ClN4O/c20-15-5-1-13(2-6-15)12-24-9-7-16(8-10-24)21-19(25)18-11-17(22-23-18)14-3-4-14/h1-2,5-6,11,14,16H,3-4,7-10,12H2,(H,21,25)(H,22,23). The maximum absolute atomic E-state index is 12.4. The fourth-order valence-electron chi connectivity index (χ4n) is 3.40. The molecule has 0 atom stereocenters. The van der Waals surface area contributed by atoms with Gasteiger partial charge in [0.1, 0.15) is 5.69 Å². The van der Waals surface area contributed by atoms with E-state index < -0.39 is 0 Å². The summed E-state index contributed by atoms with van der Waals surface area (Å²) in [6, 6.07) is 10.2. The number of aromatic amines is 1. The number of aromatic nitrogens is 2. The van der Waals surface area contributed by atoms with Gasteiger partial charge in [0.2, 0.25) is 0 Å². The summed E-state index contributed by atoms with van der Waals surface area (Å²) in [5.41, 5.74) is 2.89. The lowest BCUT2D eigenvalue weighted by molar-refractivity contribution is 0.0904. The van der Waals surface area contributed by atoms with Gasteiger partial charge in [0.25, 0.3) is 5.91 Å². The zero-order valence-corrected chi connectivity index (χ0v) is 14.9. The Hall–Kier alpha value is -1.85. The Bertz CT molecular complexity index is 730. The first-order chi connectivity index (χ1) is 12.2. The van der Waals surface area contributed by atoms with Crippen LogP contribution in [-0.4, -0.2) is 40.1 Å². The molecule has 1 saturated heterocycles. The van der Waals surface area contributed by atoms with E-state index in [9.17, 15) is 4.79 Å². The molecule has 25 heavy (non-hydrogen) atoms. The molecular formula is C19H23ClN4O. The van der Waals surface area contributed by atoms with E-state index in [-0.39, 0.29) is 11.9 Å². The minimum atomic E-state index is -0.0562. The van der Waals surface area contributed by atoms with Crippen molar-refractivity contribution in [1.29, 1.82) is 0 Å². The normalized spacial score (nSPS) is 19.1. The molecule has 1 aromatic carbocycles. The molecule has 4 rings (SSSR count). The van der Waals surface area contributed by atoms with Crippen LogP contribution in [0.3, 0.4) is 0 Å². The van der Waals surface area contributed by atoms with Crippen molar-refractivity contribution in [1.82, 2.24) is 20.4 Å². The third-order valence-electron chi connectivity index (χ3n) is 5.09. The van der Waals surface area contributed by atoms with Gasteiger partial charge in [0.15, 0.2) is 0 Å². The van der Waals surface area contributed by atoms with Crippen LogP contribution in [-0.2, 0) is 6.54 Å². The molecule has 132 valence electrons. The third-order valence-corrected chi connectivity index (χ3v) is 5.34. The number of amides is 1. The van der Waals surface area contributed by atoms with Gasteiger partial charge in [-0.25, -0.2) is 0 Å². The van der Waals surface area contributed by atoms with E-state index in [2.05, 4.69) is 32.5 Å². The lowest BCUT2D eigenvalue weighted by Crippen LogP contribution is -2.44. The van der Waals surface area contributed by atoms with E-state index in [4.69, 9.17) is 11.6 Å². The number of H-pyrrole nitrogens is 1. The van der Waals surface area contributed by atoms with Crippen molar-refractivity contribution < 1.29 is 4.79 Å². The molecule has 2 aliphatic rings. The van der Waals surface area contributed by atoms with Gasteiger partial charge in [-0.15, -0.1) is 0 Å². The number of piperidine rings is 1. The van der Waals surface area contributed by atoms with Gasteiger partial charge in [-0.05, 0) is 49.4 Å². The van der Waals surface area contributed by atoms with Crippen LogP contribution in [0.5, 0.6) is 0 Å². The summed E-state index contributed by atoms with van der Waals surface area (Å²) in [5, 5.41) is 11.1. The number of carbonyl (C=O) groups excluding carboxylic acids is 1. The molecule has 0 unspecified atom stereocenters. The van der Waals surface area contributed by atoms with E-state index in [1.54, 1.807) is 0 Å². The van der Waals surface area contributed by atoms with Crippen molar-refractivity contribution in [3.8, 4) is 0 Å². The second-order valence-corrected chi connectivity index (χ2v) is 7.57. The highest BCUT2D eigenvalue weighted by molar-refractivity contribution is 6.30. The number of hydrogen-bond acceptors (Lipinski definition) is 3. The lowest BCUT2D eigenvalue weighted by atomic mass is 10.0. The summed E-state index contributed by atoms with van der Waals surface area (Å²) < 4.78 is 0. The molecule has 6 heteroatoms. The summed E-state index contributed by atoms with van der Waals surface area (Å²) >= 11 is 5.93.